The quantitative estimate of drug-likeness (QED) is 0.667. The van der Waals surface area contributed by atoms with Gasteiger partial charge in [-0.05, 0) is 38.1 Å². The molecule has 0 spiro atoms. The summed E-state index contributed by atoms with van der Waals surface area (Å²) in [6.45, 7) is 2.18. The molecule has 0 saturated heterocycles. The van der Waals surface area contributed by atoms with Gasteiger partial charge in [0.15, 0.2) is 5.16 Å². The first-order chi connectivity index (χ1) is 11.2. The summed E-state index contributed by atoms with van der Waals surface area (Å²) >= 11 is 3.50. The molecule has 0 aromatic carbocycles. The Morgan fingerprint density at radius 2 is 2.04 bits per heavy atom. The van der Waals surface area contributed by atoms with Crippen LogP contribution in [0.2, 0.25) is 0 Å². The van der Waals surface area contributed by atoms with Crippen LogP contribution in [0.3, 0.4) is 0 Å². The normalized spacial score (nSPS) is 19.9. The van der Waals surface area contributed by atoms with Gasteiger partial charge in [-0.2, -0.15) is 0 Å². The summed E-state index contributed by atoms with van der Waals surface area (Å²) in [7, 11) is 2.20. The van der Waals surface area contributed by atoms with Crippen LogP contribution in [0.1, 0.15) is 42.5 Å². The van der Waals surface area contributed by atoms with Gasteiger partial charge in [-0.15, -0.1) is 11.3 Å². The van der Waals surface area contributed by atoms with E-state index in [0.29, 0.717) is 6.04 Å². The predicted molar refractivity (Wildman–Crippen MR) is 99.7 cm³/mol. The maximum Gasteiger partial charge on any atom is 0.190 e. The minimum Gasteiger partial charge on any atom is -0.367 e. The van der Waals surface area contributed by atoms with Crippen molar-refractivity contribution in [1.29, 1.82) is 0 Å². The van der Waals surface area contributed by atoms with Gasteiger partial charge in [-0.25, -0.2) is 9.97 Å². The fourth-order valence-electron chi connectivity index (χ4n) is 3.74. The van der Waals surface area contributed by atoms with Crippen molar-refractivity contribution in [3.05, 3.63) is 10.4 Å². The average Bonchev–Trinajstić information content (AvgIpc) is 2.93. The summed E-state index contributed by atoms with van der Waals surface area (Å²) < 4.78 is 0. The van der Waals surface area contributed by atoms with Crippen LogP contribution in [-0.2, 0) is 13.0 Å². The molecule has 1 aliphatic heterocycles. The SMILES string of the molecule is CSc1nc(NC2CCCCC2)c2c3c(sc2n1)CN(C)CC3. The van der Waals surface area contributed by atoms with Crippen molar-refractivity contribution >= 4 is 39.1 Å². The topological polar surface area (TPSA) is 41.1 Å². The molecular weight excluding hydrogens is 324 g/mol. The average molecular weight is 349 g/mol. The van der Waals surface area contributed by atoms with E-state index in [0.717, 1.165) is 30.5 Å². The van der Waals surface area contributed by atoms with Gasteiger partial charge in [0.05, 0.1) is 5.39 Å². The number of hydrogen-bond acceptors (Lipinski definition) is 6. The smallest absolute Gasteiger partial charge is 0.190 e. The van der Waals surface area contributed by atoms with Gasteiger partial charge in [0.25, 0.3) is 0 Å². The maximum absolute atomic E-state index is 4.85. The molecule has 2 aliphatic rings. The largest absolute Gasteiger partial charge is 0.367 e. The molecule has 0 amide bonds. The maximum atomic E-state index is 4.85. The van der Waals surface area contributed by atoms with E-state index in [9.17, 15) is 0 Å². The van der Waals surface area contributed by atoms with Crippen LogP contribution in [0.5, 0.6) is 0 Å². The second kappa shape index (κ2) is 6.57. The second-order valence-corrected chi connectivity index (χ2v) is 8.57. The lowest BCUT2D eigenvalue weighted by atomic mass is 9.95. The number of hydrogen-bond donors (Lipinski definition) is 1. The Labute approximate surface area is 146 Å². The number of thioether (sulfide) groups is 1. The van der Waals surface area contributed by atoms with E-state index in [1.807, 2.05) is 11.3 Å². The van der Waals surface area contributed by atoms with Crippen molar-refractivity contribution < 1.29 is 0 Å². The van der Waals surface area contributed by atoms with Gasteiger partial charge in [0.1, 0.15) is 10.6 Å². The van der Waals surface area contributed by atoms with Crippen LogP contribution in [0, 0.1) is 0 Å². The van der Waals surface area contributed by atoms with Crippen molar-refractivity contribution in [1.82, 2.24) is 14.9 Å². The predicted octanol–water partition coefficient (Wildman–Crippen LogP) is 4.15. The number of fused-ring (bicyclic) bond motifs is 3. The van der Waals surface area contributed by atoms with Crippen molar-refractivity contribution in [2.45, 2.75) is 56.3 Å². The van der Waals surface area contributed by atoms with Gasteiger partial charge >= 0.3 is 0 Å². The van der Waals surface area contributed by atoms with E-state index >= 15 is 0 Å². The zero-order valence-corrected chi connectivity index (χ0v) is 15.5. The van der Waals surface area contributed by atoms with E-state index < -0.39 is 0 Å². The Morgan fingerprint density at radius 1 is 1.22 bits per heavy atom. The first-order valence-electron chi connectivity index (χ1n) is 8.56. The molecule has 0 radical (unpaired) electrons. The molecule has 4 nitrogen and oxygen atoms in total. The summed E-state index contributed by atoms with van der Waals surface area (Å²) in [5.74, 6) is 1.09. The molecule has 1 fully saturated rings. The number of thiophene rings is 1. The lowest BCUT2D eigenvalue weighted by molar-refractivity contribution is 0.318. The van der Waals surface area contributed by atoms with E-state index in [2.05, 4.69) is 23.5 Å². The van der Waals surface area contributed by atoms with Gasteiger partial charge < -0.3 is 10.2 Å². The highest BCUT2D eigenvalue weighted by Gasteiger charge is 2.24. The first kappa shape index (κ1) is 15.7. The van der Waals surface area contributed by atoms with E-state index in [-0.39, 0.29) is 0 Å². The molecule has 1 N–H and O–H groups in total. The molecule has 6 heteroatoms. The number of likely N-dealkylation sites (N-methyl/N-ethyl adjacent to an activating group) is 1. The van der Waals surface area contributed by atoms with Crippen molar-refractivity contribution in [3.63, 3.8) is 0 Å². The summed E-state index contributed by atoms with van der Waals surface area (Å²) in [5, 5.41) is 5.97. The van der Waals surface area contributed by atoms with E-state index in [1.165, 1.54) is 52.8 Å². The molecule has 0 bridgehead atoms. The van der Waals surface area contributed by atoms with Crippen LogP contribution < -0.4 is 5.32 Å². The lowest BCUT2D eigenvalue weighted by Gasteiger charge is -2.25. The fraction of sp³-hybridized carbons (Fsp3) is 0.647. The molecule has 124 valence electrons. The summed E-state index contributed by atoms with van der Waals surface area (Å²) in [6, 6.07) is 0.582. The number of aromatic nitrogens is 2. The molecule has 1 saturated carbocycles. The number of nitrogens with one attached hydrogen (secondary N) is 1. The molecule has 2 aromatic rings. The molecule has 0 atom stereocenters. The van der Waals surface area contributed by atoms with Gasteiger partial charge in [0, 0.05) is 24.0 Å². The summed E-state index contributed by atoms with van der Waals surface area (Å²) in [5.41, 5.74) is 1.49. The molecule has 0 unspecified atom stereocenters. The zero-order chi connectivity index (χ0) is 15.8. The summed E-state index contributed by atoms with van der Waals surface area (Å²) in [4.78, 5) is 14.7. The zero-order valence-electron chi connectivity index (χ0n) is 13.9. The number of anilines is 1. The van der Waals surface area contributed by atoms with Crippen LogP contribution in [-0.4, -0.2) is 40.8 Å². The van der Waals surface area contributed by atoms with Crippen LogP contribution in [0.15, 0.2) is 5.16 Å². The number of nitrogens with zero attached hydrogens (tertiary/aromatic N) is 3. The summed E-state index contributed by atoms with van der Waals surface area (Å²) in [6.07, 6.45) is 9.79. The molecule has 3 heterocycles. The monoisotopic (exact) mass is 348 g/mol. The minimum absolute atomic E-state index is 0.582. The third-order valence-electron chi connectivity index (χ3n) is 5.00. The highest BCUT2D eigenvalue weighted by molar-refractivity contribution is 7.98. The Morgan fingerprint density at radius 3 is 2.83 bits per heavy atom. The highest BCUT2D eigenvalue weighted by atomic mass is 32.2. The molecule has 2 aromatic heterocycles. The van der Waals surface area contributed by atoms with Crippen molar-refractivity contribution in [3.8, 4) is 0 Å². The van der Waals surface area contributed by atoms with Crippen LogP contribution in [0.4, 0.5) is 5.82 Å². The Hall–Kier alpha value is -0.850. The molecule has 23 heavy (non-hydrogen) atoms. The standard InChI is InChI=1S/C17H24N4S2/c1-21-9-8-12-13(10-21)23-16-14(12)15(19-17(20-16)22-2)18-11-6-4-3-5-7-11/h11H,3-10H2,1-2H3,(H,18,19,20). The minimum atomic E-state index is 0.582. The molecule has 1 aliphatic carbocycles. The second-order valence-electron chi connectivity index (χ2n) is 6.71. The lowest BCUT2D eigenvalue weighted by Crippen LogP contribution is -2.26. The fourth-order valence-corrected chi connectivity index (χ4v) is 5.46. The Balaban J connectivity index is 1.77. The van der Waals surface area contributed by atoms with Gasteiger partial charge in [-0.3, -0.25) is 0 Å². The van der Waals surface area contributed by atoms with Crippen molar-refractivity contribution in [2.75, 3.05) is 25.2 Å². The third-order valence-corrected chi connectivity index (χ3v) is 6.66. The van der Waals surface area contributed by atoms with Gasteiger partial charge in [-0.1, -0.05) is 31.0 Å². The number of rotatable bonds is 3. The Bertz CT molecular complexity index is 706. The molecular formula is C17H24N4S2. The highest BCUT2D eigenvalue weighted by Crippen LogP contribution is 2.39. The molecule has 4 rings (SSSR count). The van der Waals surface area contributed by atoms with Crippen LogP contribution >= 0.6 is 23.1 Å². The van der Waals surface area contributed by atoms with Crippen molar-refractivity contribution in [2.24, 2.45) is 0 Å². The first-order valence-corrected chi connectivity index (χ1v) is 10.6. The third kappa shape index (κ3) is 3.08. The van der Waals surface area contributed by atoms with E-state index in [1.54, 1.807) is 11.8 Å². The van der Waals surface area contributed by atoms with Crippen LogP contribution in [0.25, 0.3) is 10.2 Å². The Kier molecular flexibility index (Phi) is 4.48. The van der Waals surface area contributed by atoms with E-state index in [4.69, 9.17) is 9.97 Å². The van der Waals surface area contributed by atoms with Gasteiger partial charge in [0.2, 0.25) is 0 Å².